The molecular weight excluding hydrogens is 244 g/mol. The van der Waals surface area contributed by atoms with Crippen LogP contribution in [-0.4, -0.2) is 35.5 Å². The van der Waals surface area contributed by atoms with Gasteiger partial charge in [0, 0.05) is 30.3 Å². The van der Waals surface area contributed by atoms with E-state index in [-0.39, 0.29) is 11.4 Å². The van der Waals surface area contributed by atoms with Crippen LogP contribution in [0.4, 0.5) is 0 Å². The highest BCUT2D eigenvalue weighted by Gasteiger charge is 2.32. The van der Waals surface area contributed by atoms with Gasteiger partial charge in [0.25, 0.3) is 0 Å². The van der Waals surface area contributed by atoms with Crippen molar-refractivity contribution in [2.45, 2.75) is 59.0 Å². The van der Waals surface area contributed by atoms with Crippen molar-refractivity contribution >= 4 is 17.7 Å². The SMILES string of the molecule is CC(C)(C)NC(=O)CCNC1CSCCC1(C)C. The fraction of sp³-hybridized carbons (Fsp3) is 0.929. The van der Waals surface area contributed by atoms with Crippen LogP contribution in [0.5, 0.6) is 0 Å². The molecule has 1 fully saturated rings. The van der Waals surface area contributed by atoms with Crippen LogP contribution in [0.2, 0.25) is 0 Å². The first-order valence-electron chi connectivity index (χ1n) is 6.83. The number of carbonyl (C=O) groups is 1. The van der Waals surface area contributed by atoms with Crippen molar-refractivity contribution in [1.82, 2.24) is 10.6 Å². The largest absolute Gasteiger partial charge is 0.351 e. The van der Waals surface area contributed by atoms with Crippen molar-refractivity contribution in [2.75, 3.05) is 18.1 Å². The molecule has 1 amide bonds. The first-order chi connectivity index (χ1) is 8.21. The van der Waals surface area contributed by atoms with Gasteiger partial charge in [-0.05, 0) is 38.4 Å². The molecule has 0 bridgehead atoms. The lowest BCUT2D eigenvalue weighted by molar-refractivity contribution is -0.122. The molecule has 0 aliphatic carbocycles. The molecule has 1 unspecified atom stereocenters. The summed E-state index contributed by atoms with van der Waals surface area (Å²) >= 11 is 2.01. The minimum absolute atomic E-state index is 0.128. The fourth-order valence-corrected chi connectivity index (χ4v) is 3.75. The quantitative estimate of drug-likeness (QED) is 0.826. The lowest BCUT2D eigenvalue weighted by Crippen LogP contribution is -2.48. The minimum Gasteiger partial charge on any atom is -0.351 e. The molecular formula is C14H28N2OS. The zero-order valence-electron chi connectivity index (χ0n) is 12.4. The number of hydrogen-bond donors (Lipinski definition) is 2. The highest BCUT2D eigenvalue weighted by molar-refractivity contribution is 7.99. The van der Waals surface area contributed by atoms with E-state index < -0.39 is 0 Å². The van der Waals surface area contributed by atoms with Crippen molar-refractivity contribution in [3.05, 3.63) is 0 Å². The molecule has 1 heterocycles. The van der Waals surface area contributed by atoms with Crippen molar-refractivity contribution in [1.29, 1.82) is 0 Å². The standard InChI is InChI=1S/C14H28N2OS/c1-13(2,3)16-12(17)6-8-15-11-10-18-9-7-14(11,4)5/h11,15H,6-10H2,1-5H3,(H,16,17). The van der Waals surface area contributed by atoms with Gasteiger partial charge in [0.2, 0.25) is 5.91 Å². The average molecular weight is 272 g/mol. The molecule has 0 aromatic rings. The van der Waals surface area contributed by atoms with Gasteiger partial charge in [-0.3, -0.25) is 4.79 Å². The molecule has 1 atom stereocenters. The molecule has 0 radical (unpaired) electrons. The number of amides is 1. The number of rotatable bonds is 4. The van der Waals surface area contributed by atoms with Gasteiger partial charge in [-0.1, -0.05) is 13.8 Å². The third-order valence-corrected chi connectivity index (χ3v) is 4.44. The first kappa shape index (κ1) is 15.8. The molecule has 0 spiro atoms. The third-order valence-electron chi connectivity index (χ3n) is 3.38. The van der Waals surface area contributed by atoms with Gasteiger partial charge in [-0.2, -0.15) is 11.8 Å². The second-order valence-electron chi connectivity index (χ2n) is 6.87. The Balaban J connectivity index is 2.27. The summed E-state index contributed by atoms with van der Waals surface area (Å²) in [6.45, 7) is 11.5. The second-order valence-corrected chi connectivity index (χ2v) is 8.02. The minimum atomic E-state index is -0.128. The molecule has 0 aromatic carbocycles. The van der Waals surface area contributed by atoms with E-state index in [0.29, 0.717) is 17.9 Å². The van der Waals surface area contributed by atoms with Crippen molar-refractivity contribution < 1.29 is 4.79 Å². The molecule has 0 aromatic heterocycles. The van der Waals surface area contributed by atoms with E-state index >= 15 is 0 Å². The van der Waals surface area contributed by atoms with E-state index in [1.54, 1.807) is 0 Å². The molecule has 1 aliphatic rings. The van der Waals surface area contributed by atoms with Crippen molar-refractivity contribution in [2.24, 2.45) is 5.41 Å². The predicted molar refractivity (Wildman–Crippen MR) is 80.0 cm³/mol. The second kappa shape index (κ2) is 6.29. The predicted octanol–water partition coefficient (Wildman–Crippen LogP) is 2.41. The molecule has 1 rings (SSSR count). The van der Waals surface area contributed by atoms with E-state index in [1.807, 2.05) is 32.5 Å². The van der Waals surface area contributed by atoms with Crippen molar-refractivity contribution in [3.63, 3.8) is 0 Å². The Morgan fingerprint density at radius 3 is 2.61 bits per heavy atom. The summed E-state index contributed by atoms with van der Waals surface area (Å²) < 4.78 is 0. The monoisotopic (exact) mass is 272 g/mol. The number of thioether (sulfide) groups is 1. The molecule has 0 saturated carbocycles. The van der Waals surface area contributed by atoms with Gasteiger partial charge in [-0.15, -0.1) is 0 Å². The summed E-state index contributed by atoms with van der Waals surface area (Å²) in [6, 6.07) is 0.527. The Labute approximate surface area is 116 Å². The van der Waals surface area contributed by atoms with Crippen LogP contribution < -0.4 is 10.6 Å². The zero-order chi connectivity index (χ0) is 13.8. The Kier molecular flexibility index (Phi) is 5.53. The van der Waals surface area contributed by atoms with E-state index in [2.05, 4.69) is 24.5 Å². The highest BCUT2D eigenvalue weighted by atomic mass is 32.2. The highest BCUT2D eigenvalue weighted by Crippen LogP contribution is 2.33. The van der Waals surface area contributed by atoms with Crippen LogP contribution in [0, 0.1) is 5.41 Å². The molecule has 18 heavy (non-hydrogen) atoms. The molecule has 3 nitrogen and oxygen atoms in total. The van der Waals surface area contributed by atoms with Gasteiger partial charge in [0.15, 0.2) is 0 Å². The lowest BCUT2D eigenvalue weighted by atomic mass is 9.82. The Bertz CT molecular complexity index is 284. The fourth-order valence-electron chi connectivity index (χ4n) is 2.11. The summed E-state index contributed by atoms with van der Waals surface area (Å²) in [6.07, 6.45) is 1.82. The van der Waals surface area contributed by atoms with Crippen LogP contribution in [0.15, 0.2) is 0 Å². The van der Waals surface area contributed by atoms with Crippen LogP contribution in [0.1, 0.15) is 47.5 Å². The summed E-state index contributed by atoms with van der Waals surface area (Å²) in [4.78, 5) is 11.7. The molecule has 2 N–H and O–H groups in total. The molecule has 4 heteroatoms. The van der Waals surface area contributed by atoms with Crippen molar-refractivity contribution in [3.8, 4) is 0 Å². The normalized spacial score (nSPS) is 23.7. The maximum absolute atomic E-state index is 11.7. The maximum Gasteiger partial charge on any atom is 0.221 e. The summed E-state index contributed by atoms with van der Waals surface area (Å²) in [5.41, 5.74) is 0.225. The van der Waals surface area contributed by atoms with Gasteiger partial charge in [0.05, 0.1) is 0 Å². The van der Waals surface area contributed by atoms with Gasteiger partial charge < -0.3 is 10.6 Å². The Hall–Kier alpha value is -0.220. The maximum atomic E-state index is 11.7. The van der Waals surface area contributed by atoms with Gasteiger partial charge in [0.1, 0.15) is 0 Å². The van der Waals surface area contributed by atoms with Gasteiger partial charge in [-0.25, -0.2) is 0 Å². The summed E-state index contributed by atoms with van der Waals surface area (Å²) in [5.74, 6) is 2.56. The van der Waals surface area contributed by atoms with Crippen LogP contribution in [0.3, 0.4) is 0 Å². The molecule has 106 valence electrons. The van der Waals surface area contributed by atoms with E-state index in [4.69, 9.17) is 0 Å². The third kappa shape index (κ3) is 5.61. The summed E-state index contributed by atoms with van der Waals surface area (Å²) in [7, 11) is 0. The van der Waals surface area contributed by atoms with Crippen LogP contribution in [-0.2, 0) is 4.79 Å². The number of hydrogen-bond acceptors (Lipinski definition) is 3. The van der Waals surface area contributed by atoms with Crippen LogP contribution in [0.25, 0.3) is 0 Å². The zero-order valence-corrected chi connectivity index (χ0v) is 13.2. The number of nitrogens with one attached hydrogen (secondary N) is 2. The van der Waals surface area contributed by atoms with E-state index in [9.17, 15) is 4.79 Å². The lowest BCUT2D eigenvalue weighted by Gasteiger charge is -2.39. The van der Waals surface area contributed by atoms with E-state index in [1.165, 1.54) is 12.2 Å². The van der Waals surface area contributed by atoms with E-state index in [0.717, 1.165) is 12.3 Å². The molecule has 1 saturated heterocycles. The van der Waals surface area contributed by atoms with Crippen LogP contribution >= 0.6 is 11.8 Å². The first-order valence-corrected chi connectivity index (χ1v) is 7.98. The smallest absolute Gasteiger partial charge is 0.221 e. The topological polar surface area (TPSA) is 41.1 Å². The molecule has 1 aliphatic heterocycles. The number of carbonyl (C=O) groups excluding carboxylic acids is 1. The summed E-state index contributed by atoms with van der Waals surface area (Å²) in [5, 5.41) is 6.54. The Morgan fingerprint density at radius 1 is 1.39 bits per heavy atom. The van der Waals surface area contributed by atoms with Gasteiger partial charge >= 0.3 is 0 Å². The Morgan fingerprint density at radius 2 is 2.06 bits per heavy atom. The average Bonchev–Trinajstić information content (AvgIpc) is 2.17.